The third-order valence-electron chi connectivity index (χ3n) is 6.64. The summed E-state index contributed by atoms with van der Waals surface area (Å²) in [4.78, 5) is 2.78. The topological polar surface area (TPSA) is 61.4 Å². The van der Waals surface area contributed by atoms with E-state index in [1.165, 1.54) is 22.4 Å². The molecule has 0 bridgehead atoms. The van der Waals surface area contributed by atoms with Crippen LogP contribution in [-0.4, -0.2) is 40.6 Å². The summed E-state index contributed by atoms with van der Waals surface area (Å²) in [6, 6.07) is 17.6. The molecule has 0 saturated carbocycles. The highest BCUT2D eigenvalue weighted by Crippen LogP contribution is 2.33. The third kappa shape index (κ3) is 4.07. The molecule has 31 heavy (non-hydrogen) atoms. The lowest BCUT2D eigenvalue weighted by atomic mass is 9.84. The third-order valence-corrected chi connectivity index (χ3v) is 8.16. The zero-order chi connectivity index (χ0) is 21.4. The molecule has 5 nitrogen and oxygen atoms in total. The lowest BCUT2D eigenvalue weighted by Gasteiger charge is -2.35. The maximum atomic E-state index is 13.2. The number of aryl methyl sites for hydroxylation is 1. The largest absolute Gasteiger partial charge is 0.369 e. The molecule has 0 aromatic heterocycles. The Morgan fingerprint density at radius 2 is 1.74 bits per heavy atom. The maximum Gasteiger partial charge on any atom is 0.240 e. The number of nitrogens with zero attached hydrogens (tertiary/aromatic N) is 1. The van der Waals surface area contributed by atoms with Gasteiger partial charge in [0, 0.05) is 37.9 Å². The van der Waals surface area contributed by atoms with E-state index < -0.39 is 10.0 Å². The van der Waals surface area contributed by atoms with E-state index in [4.69, 9.17) is 0 Å². The van der Waals surface area contributed by atoms with Crippen LogP contribution in [0.2, 0.25) is 0 Å². The van der Waals surface area contributed by atoms with Crippen molar-refractivity contribution in [2.75, 3.05) is 31.1 Å². The standard InChI is InChI=1S/C25H29N3O2S/c1-18-6-11-25(28-14-12-26-13-15-28)24-17-21(8-10-23(18)24)27-31(29,30)22-9-7-19-4-2-3-5-20(19)16-22/h2-7,9,11,16,21,26-27H,8,10,12-15,17H2,1H3/t21-/m1/s1. The average Bonchev–Trinajstić information content (AvgIpc) is 2.79. The maximum absolute atomic E-state index is 13.2. The van der Waals surface area contributed by atoms with E-state index in [2.05, 4.69) is 34.0 Å². The van der Waals surface area contributed by atoms with Crippen LogP contribution in [0.4, 0.5) is 5.69 Å². The second kappa shape index (κ2) is 8.26. The van der Waals surface area contributed by atoms with E-state index in [0.29, 0.717) is 4.90 Å². The second-order valence-corrected chi connectivity index (χ2v) is 10.4. The molecule has 162 valence electrons. The first-order chi connectivity index (χ1) is 15.0. The first-order valence-corrected chi connectivity index (χ1v) is 12.6. The van der Waals surface area contributed by atoms with Crippen molar-refractivity contribution in [2.24, 2.45) is 0 Å². The van der Waals surface area contributed by atoms with Crippen LogP contribution in [0.25, 0.3) is 10.8 Å². The molecule has 1 aliphatic heterocycles. The number of sulfonamides is 1. The van der Waals surface area contributed by atoms with Gasteiger partial charge in [-0.25, -0.2) is 13.1 Å². The molecule has 0 amide bonds. The first-order valence-electron chi connectivity index (χ1n) is 11.1. The zero-order valence-corrected chi connectivity index (χ0v) is 18.7. The molecule has 1 aliphatic carbocycles. The van der Waals surface area contributed by atoms with E-state index in [1.54, 1.807) is 12.1 Å². The van der Waals surface area contributed by atoms with Gasteiger partial charge in [0.1, 0.15) is 0 Å². The van der Waals surface area contributed by atoms with Crippen LogP contribution in [0.15, 0.2) is 59.5 Å². The smallest absolute Gasteiger partial charge is 0.240 e. The molecule has 2 aliphatic rings. The number of nitrogens with one attached hydrogen (secondary N) is 2. The van der Waals surface area contributed by atoms with Crippen LogP contribution in [0.5, 0.6) is 0 Å². The predicted octanol–water partition coefficient (Wildman–Crippen LogP) is 3.39. The van der Waals surface area contributed by atoms with Crippen molar-refractivity contribution in [2.45, 2.75) is 37.1 Å². The van der Waals surface area contributed by atoms with Crippen molar-refractivity contribution in [3.8, 4) is 0 Å². The number of hydrogen-bond donors (Lipinski definition) is 2. The Morgan fingerprint density at radius 3 is 2.55 bits per heavy atom. The fourth-order valence-corrected chi connectivity index (χ4v) is 6.27. The molecule has 1 atom stereocenters. The molecule has 0 spiro atoms. The molecule has 0 unspecified atom stereocenters. The van der Waals surface area contributed by atoms with Gasteiger partial charge in [0.05, 0.1) is 4.90 Å². The minimum atomic E-state index is -3.58. The number of benzene rings is 3. The van der Waals surface area contributed by atoms with Gasteiger partial charge >= 0.3 is 0 Å². The quantitative estimate of drug-likeness (QED) is 0.660. The van der Waals surface area contributed by atoms with Crippen LogP contribution in [0.3, 0.4) is 0 Å². The number of piperazine rings is 1. The van der Waals surface area contributed by atoms with Crippen LogP contribution in [0, 0.1) is 6.92 Å². The van der Waals surface area contributed by atoms with Crippen LogP contribution >= 0.6 is 0 Å². The lowest BCUT2D eigenvalue weighted by Crippen LogP contribution is -2.45. The molecule has 3 aromatic rings. The van der Waals surface area contributed by atoms with E-state index in [-0.39, 0.29) is 6.04 Å². The molecular formula is C25H29N3O2S. The lowest BCUT2D eigenvalue weighted by molar-refractivity contribution is 0.505. The highest BCUT2D eigenvalue weighted by molar-refractivity contribution is 7.89. The molecule has 3 aromatic carbocycles. The predicted molar refractivity (Wildman–Crippen MR) is 126 cm³/mol. The number of rotatable bonds is 4. The molecule has 5 rings (SSSR count). The van der Waals surface area contributed by atoms with E-state index >= 15 is 0 Å². The van der Waals surface area contributed by atoms with E-state index in [0.717, 1.165) is 56.2 Å². The minimum absolute atomic E-state index is 0.0903. The molecule has 1 saturated heterocycles. The first kappa shape index (κ1) is 20.5. The normalized spacial score (nSPS) is 19.4. The van der Waals surface area contributed by atoms with Gasteiger partial charge in [0.15, 0.2) is 0 Å². The van der Waals surface area contributed by atoms with Gasteiger partial charge in [-0.3, -0.25) is 0 Å². The van der Waals surface area contributed by atoms with Gasteiger partial charge in [-0.2, -0.15) is 0 Å². The molecule has 1 heterocycles. The number of fused-ring (bicyclic) bond motifs is 2. The summed E-state index contributed by atoms with van der Waals surface area (Å²) in [5.74, 6) is 0. The number of anilines is 1. The molecule has 6 heteroatoms. The summed E-state index contributed by atoms with van der Waals surface area (Å²) in [6.45, 7) is 6.12. The van der Waals surface area contributed by atoms with Gasteiger partial charge in [-0.05, 0) is 71.8 Å². The Labute approximate surface area is 184 Å². The molecular weight excluding hydrogens is 406 g/mol. The van der Waals surface area contributed by atoms with Crippen LogP contribution < -0.4 is 14.9 Å². The minimum Gasteiger partial charge on any atom is -0.369 e. The molecule has 1 fully saturated rings. The fraction of sp³-hybridized carbons (Fsp3) is 0.360. The summed E-state index contributed by atoms with van der Waals surface area (Å²) < 4.78 is 29.4. The van der Waals surface area contributed by atoms with Crippen molar-refractivity contribution in [1.82, 2.24) is 10.0 Å². The Kier molecular flexibility index (Phi) is 5.46. The summed E-state index contributed by atoms with van der Waals surface area (Å²) in [5, 5.41) is 5.40. The van der Waals surface area contributed by atoms with Crippen molar-refractivity contribution in [3.05, 3.63) is 71.3 Å². The van der Waals surface area contributed by atoms with Gasteiger partial charge in [0.2, 0.25) is 10.0 Å². The Bertz CT molecular complexity index is 1220. The van der Waals surface area contributed by atoms with E-state index in [1.807, 2.05) is 30.3 Å². The summed E-state index contributed by atoms with van der Waals surface area (Å²) >= 11 is 0. The second-order valence-electron chi connectivity index (χ2n) is 8.67. The summed E-state index contributed by atoms with van der Waals surface area (Å²) in [6.07, 6.45) is 2.47. The van der Waals surface area contributed by atoms with Crippen LogP contribution in [-0.2, 0) is 22.9 Å². The fourth-order valence-electron chi connectivity index (χ4n) is 4.97. The summed E-state index contributed by atoms with van der Waals surface area (Å²) in [5.41, 5.74) is 5.30. The van der Waals surface area contributed by atoms with Gasteiger partial charge in [-0.15, -0.1) is 0 Å². The monoisotopic (exact) mass is 435 g/mol. The zero-order valence-electron chi connectivity index (χ0n) is 17.9. The molecule has 0 radical (unpaired) electrons. The van der Waals surface area contributed by atoms with Crippen molar-refractivity contribution in [3.63, 3.8) is 0 Å². The van der Waals surface area contributed by atoms with E-state index in [9.17, 15) is 8.42 Å². The van der Waals surface area contributed by atoms with Gasteiger partial charge < -0.3 is 10.2 Å². The average molecular weight is 436 g/mol. The highest BCUT2D eigenvalue weighted by atomic mass is 32.2. The van der Waals surface area contributed by atoms with Gasteiger partial charge in [0.25, 0.3) is 0 Å². The van der Waals surface area contributed by atoms with Crippen molar-refractivity contribution in [1.29, 1.82) is 0 Å². The Morgan fingerprint density at radius 1 is 0.968 bits per heavy atom. The van der Waals surface area contributed by atoms with Crippen LogP contribution in [0.1, 0.15) is 23.1 Å². The number of hydrogen-bond acceptors (Lipinski definition) is 4. The van der Waals surface area contributed by atoms with Gasteiger partial charge in [-0.1, -0.05) is 36.4 Å². The van der Waals surface area contributed by atoms with Crippen molar-refractivity contribution >= 4 is 26.5 Å². The molecule has 2 N–H and O–H groups in total. The van der Waals surface area contributed by atoms with Crippen molar-refractivity contribution < 1.29 is 8.42 Å². The Hall–Kier alpha value is -2.41. The highest BCUT2D eigenvalue weighted by Gasteiger charge is 2.28. The Balaban J connectivity index is 1.41. The SMILES string of the molecule is Cc1ccc(N2CCNCC2)c2c1CC[C@@H](NS(=O)(=O)c1ccc3ccccc3c1)C2. The summed E-state index contributed by atoms with van der Waals surface area (Å²) in [7, 11) is -3.58.